The summed E-state index contributed by atoms with van der Waals surface area (Å²) in [5, 5.41) is 3.11. The van der Waals surface area contributed by atoms with Gasteiger partial charge in [-0.05, 0) is 23.6 Å². The van der Waals surface area contributed by atoms with Crippen LogP contribution in [0.2, 0.25) is 0 Å². The molecule has 1 saturated heterocycles. The van der Waals surface area contributed by atoms with Crippen LogP contribution >= 0.6 is 0 Å². The molecule has 5 nitrogen and oxygen atoms in total. The van der Waals surface area contributed by atoms with Gasteiger partial charge in [0.25, 0.3) is 0 Å². The van der Waals surface area contributed by atoms with Crippen molar-refractivity contribution in [3.63, 3.8) is 0 Å². The van der Waals surface area contributed by atoms with E-state index in [1.54, 1.807) is 24.1 Å². The summed E-state index contributed by atoms with van der Waals surface area (Å²) in [5.41, 5.74) is 0.712. The monoisotopic (exact) mass is 296 g/mol. The molecule has 2 rings (SSSR count). The number of ether oxygens (including phenoxy) is 2. The molecule has 0 saturated carbocycles. The van der Waals surface area contributed by atoms with Crippen molar-refractivity contribution in [2.24, 2.45) is 5.92 Å². The van der Waals surface area contributed by atoms with Crippen molar-refractivity contribution in [1.29, 1.82) is 0 Å². The molecule has 1 amide bonds. The van der Waals surface area contributed by atoms with Crippen LogP contribution in [0.5, 0.6) is 5.75 Å². The van der Waals surface area contributed by atoms with E-state index in [4.69, 9.17) is 9.47 Å². The molecule has 116 valence electrons. The number of nitrogens with zero attached hydrogens (tertiary/aromatic N) is 1. The SMILES string of the molecule is COCC(C)CN1C(=O)CNC1c1ccc(OC)c(F)c1. The molecule has 1 aliphatic rings. The maximum Gasteiger partial charge on any atom is 0.238 e. The molecule has 1 aromatic rings. The number of halogens is 1. The first-order valence-corrected chi connectivity index (χ1v) is 6.92. The summed E-state index contributed by atoms with van der Waals surface area (Å²) in [6.45, 7) is 3.42. The van der Waals surface area contributed by atoms with Gasteiger partial charge in [-0.15, -0.1) is 0 Å². The number of rotatable bonds is 6. The summed E-state index contributed by atoms with van der Waals surface area (Å²) in [4.78, 5) is 13.7. The van der Waals surface area contributed by atoms with E-state index in [0.29, 0.717) is 18.7 Å². The van der Waals surface area contributed by atoms with Gasteiger partial charge in [0, 0.05) is 13.7 Å². The van der Waals surface area contributed by atoms with Gasteiger partial charge in [0.15, 0.2) is 11.6 Å². The Morgan fingerprint density at radius 2 is 2.24 bits per heavy atom. The van der Waals surface area contributed by atoms with Crippen molar-refractivity contribution in [2.75, 3.05) is 33.9 Å². The first kappa shape index (κ1) is 15.7. The van der Waals surface area contributed by atoms with Crippen LogP contribution in [-0.4, -0.2) is 44.7 Å². The van der Waals surface area contributed by atoms with Crippen molar-refractivity contribution in [3.05, 3.63) is 29.6 Å². The van der Waals surface area contributed by atoms with Crippen LogP contribution in [0.3, 0.4) is 0 Å². The minimum Gasteiger partial charge on any atom is -0.494 e. The van der Waals surface area contributed by atoms with E-state index in [1.807, 2.05) is 6.92 Å². The summed E-state index contributed by atoms with van der Waals surface area (Å²) >= 11 is 0. The molecule has 1 N–H and O–H groups in total. The summed E-state index contributed by atoms with van der Waals surface area (Å²) in [7, 11) is 3.06. The Hall–Kier alpha value is -1.66. The lowest BCUT2D eigenvalue weighted by Gasteiger charge is -2.27. The number of nitrogens with one attached hydrogen (secondary N) is 1. The van der Waals surface area contributed by atoms with Crippen molar-refractivity contribution < 1.29 is 18.7 Å². The molecule has 1 heterocycles. The Morgan fingerprint density at radius 3 is 2.86 bits per heavy atom. The van der Waals surface area contributed by atoms with Gasteiger partial charge in [-0.1, -0.05) is 13.0 Å². The fourth-order valence-electron chi connectivity index (χ4n) is 2.57. The Morgan fingerprint density at radius 1 is 1.48 bits per heavy atom. The highest BCUT2D eigenvalue weighted by Gasteiger charge is 2.32. The summed E-state index contributed by atoms with van der Waals surface area (Å²) in [5.74, 6) is -0.00737. The number of methoxy groups -OCH3 is 2. The topological polar surface area (TPSA) is 50.8 Å². The van der Waals surface area contributed by atoms with Gasteiger partial charge in [-0.25, -0.2) is 4.39 Å². The lowest BCUT2D eigenvalue weighted by molar-refractivity contribution is -0.128. The van der Waals surface area contributed by atoms with E-state index in [2.05, 4.69) is 5.32 Å². The summed E-state index contributed by atoms with van der Waals surface area (Å²) in [6.07, 6.45) is -0.308. The molecule has 0 spiro atoms. The third-order valence-electron chi connectivity index (χ3n) is 3.53. The zero-order valence-electron chi connectivity index (χ0n) is 12.6. The van der Waals surface area contributed by atoms with Gasteiger partial charge in [0.1, 0.15) is 6.17 Å². The fourth-order valence-corrected chi connectivity index (χ4v) is 2.57. The average Bonchev–Trinajstić information content (AvgIpc) is 2.80. The summed E-state index contributed by atoms with van der Waals surface area (Å²) < 4.78 is 23.9. The number of carbonyl (C=O) groups is 1. The smallest absolute Gasteiger partial charge is 0.238 e. The molecule has 0 bridgehead atoms. The second-order valence-electron chi connectivity index (χ2n) is 5.28. The largest absolute Gasteiger partial charge is 0.494 e. The number of carbonyl (C=O) groups excluding carboxylic acids is 1. The highest BCUT2D eigenvalue weighted by Crippen LogP contribution is 2.27. The van der Waals surface area contributed by atoms with Crippen LogP contribution in [0.25, 0.3) is 0 Å². The van der Waals surface area contributed by atoms with E-state index in [-0.39, 0.29) is 30.3 Å². The van der Waals surface area contributed by atoms with E-state index in [9.17, 15) is 9.18 Å². The maximum atomic E-state index is 13.8. The molecule has 1 fully saturated rings. The van der Waals surface area contributed by atoms with Gasteiger partial charge >= 0.3 is 0 Å². The van der Waals surface area contributed by atoms with Crippen LogP contribution in [-0.2, 0) is 9.53 Å². The van der Waals surface area contributed by atoms with Crippen LogP contribution in [0.4, 0.5) is 4.39 Å². The Kier molecular flexibility index (Phi) is 5.14. The lowest BCUT2D eigenvalue weighted by Crippen LogP contribution is -2.35. The molecule has 2 atom stereocenters. The molecular weight excluding hydrogens is 275 g/mol. The molecule has 0 aliphatic carbocycles. The van der Waals surface area contributed by atoms with E-state index < -0.39 is 5.82 Å². The van der Waals surface area contributed by atoms with E-state index in [1.165, 1.54) is 13.2 Å². The Bertz CT molecular complexity index is 510. The zero-order valence-corrected chi connectivity index (χ0v) is 12.6. The number of amides is 1. The van der Waals surface area contributed by atoms with Crippen molar-refractivity contribution in [3.8, 4) is 5.75 Å². The predicted molar refractivity (Wildman–Crippen MR) is 76.4 cm³/mol. The molecule has 1 aromatic carbocycles. The van der Waals surface area contributed by atoms with Crippen molar-refractivity contribution >= 4 is 5.91 Å². The average molecular weight is 296 g/mol. The van der Waals surface area contributed by atoms with Gasteiger partial charge < -0.3 is 14.4 Å². The number of benzene rings is 1. The zero-order chi connectivity index (χ0) is 15.4. The quantitative estimate of drug-likeness (QED) is 0.865. The highest BCUT2D eigenvalue weighted by atomic mass is 19.1. The maximum absolute atomic E-state index is 13.8. The van der Waals surface area contributed by atoms with Crippen molar-refractivity contribution in [1.82, 2.24) is 10.2 Å². The molecule has 0 radical (unpaired) electrons. The van der Waals surface area contributed by atoms with E-state index in [0.717, 1.165) is 0 Å². The Balaban J connectivity index is 2.17. The molecule has 1 aliphatic heterocycles. The highest BCUT2D eigenvalue weighted by molar-refractivity contribution is 5.81. The lowest BCUT2D eigenvalue weighted by atomic mass is 10.1. The first-order chi connectivity index (χ1) is 10.1. The third kappa shape index (κ3) is 3.51. The third-order valence-corrected chi connectivity index (χ3v) is 3.53. The van der Waals surface area contributed by atoms with Gasteiger partial charge in [0.2, 0.25) is 5.91 Å². The van der Waals surface area contributed by atoms with Gasteiger partial charge in [-0.2, -0.15) is 0 Å². The minimum absolute atomic E-state index is 0.0131. The molecular formula is C15H21FN2O3. The molecule has 6 heteroatoms. The van der Waals surface area contributed by atoms with Crippen molar-refractivity contribution in [2.45, 2.75) is 13.1 Å². The Labute approximate surface area is 124 Å². The first-order valence-electron chi connectivity index (χ1n) is 6.92. The van der Waals surface area contributed by atoms with Crippen LogP contribution in [0, 0.1) is 11.7 Å². The normalized spacial score (nSPS) is 19.9. The van der Waals surface area contributed by atoms with E-state index >= 15 is 0 Å². The fraction of sp³-hybridized carbons (Fsp3) is 0.533. The van der Waals surface area contributed by atoms with Gasteiger partial charge in [-0.3, -0.25) is 10.1 Å². The summed E-state index contributed by atoms with van der Waals surface area (Å²) in [6, 6.07) is 4.75. The molecule has 21 heavy (non-hydrogen) atoms. The predicted octanol–water partition coefficient (Wildman–Crippen LogP) is 1.55. The van der Waals surface area contributed by atoms with Gasteiger partial charge in [0.05, 0.1) is 20.3 Å². The van der Waals surface area contributed by atoms with Crippen LogP contribution in [0.15, 0.2) is 18.2 Å². The minimum atomic E-state index is -0.430. The molecule has 0 aromatic heterocycles. The number of hydrogen-bond donors (Lipinski definition) is 1. The second kappa shape index (κ2) is 6.87. The van der Waals surface area contributed by atoms with Crippen LogP contribution in [0.1, 0.15) is 18.7 Å². The van der Waals surface area contributed by atoms with Crippen LogP contribution < -0.4 is 10.1 Å². The standard InChI is InChI=1S/C15H21FN2O3/c1-10(9-20-2)8-18-14(19)7-17-15(18)11-4-5-13(21-3)12(16)6-11/h4-6,10,15,17H,7-9H2,1-3H3. The molecule has 2 unspecified atom stereocenters. The number of hydrogen-bond acceptors (Lipinski definition) is 4. The second-order valence-corrected chi connectivity index (χ2v) is 5.28.